The number of aliphatic hydroxyl groups excluding tert-OH is 2. The molecule has 0 aliphatic carbocycles. The van der Waals surface area contributed by atoms with Gasteiger partial charge in [0.05, 0.1) is 6.10 Å². The van der Waals surface area contributed by atoms with Gasteiger partial charge in [0.15, 0.2) is 10.8 Å². The van der Waals surface area contributed by atoms with Crippen LogP contribution < -0.4 is 0 Å². The molecule has 0 aromatic carbocycles. The number of carboxylic acids is 1. The Kier molecular flexibility index (Phi) is 5.94. The summed E-state index contributed by atoms with van der Waals surface area (Å²) >= 11 is 1.04. The fraction of sp³-hybridized carbons (Fsp3) is 0.417. The molecular weight excluding hydrogens is 270 g/mol. The summed E-state index contributed by atoms with van der Waals surface area (Å²) in [4.78, 5) is 25.3. The number of carbonyl (C=O) groups is 2. The van der Waals surface area contributed by atoms with E-state index in [0.29, 0.717) is 5.75 Å². The van der Waals surface area contributed by atoms with Crippen LogP contribution in [-0.2, 0) is 4.79 Å². The molecule has 0 amide bonds. The molecule has 2 atom stereocenters. The van der Waals surface area contributed by atoms with Gasteiger partial charge < -0.3 is 15.3 Å². The standard InChI is InChI=1S/C12H15NO5S/c1-7(14)19-6-4-9(15)11(16)8-3-2-5-13-10(8)12(17)18/h2-3,5,9,11,15-16H,4,6H2,1H3,(H,17,18). The normalized spacial score (nSPS) is 13.8. The summed E-state index contributed by atoms with van der Waals surface area (Å²) in [5.41, 5.74) is -0.219. The van der Waals surface area contributed by atoms with Gasteiger partial charge in [-0.2, -0.15) is 0 Å². The van der Waals surface area contributed by atoms with Crippen molar-refractivity contribution >= 4 is 22.8 Å². The molecule has 0 aliphatic heterocycles. The smallest absolute Gasteiger partial charge is 0.354 e. The number of rotatable bonds is 6. The zero-order valence-corrected chi connectivity index (χ0v) is 11.1. The van der Waals surface area contributed by atoms with E-state index in [1.165, 1.54) is 25.3 Å². The van der Waals surface area contributed by atoms with Gasteiger partial charge in [0, 0.05) is 24.4 Å². The maximum Gasteiger partial charge on any atom is 0.354 e. The van der Waals surface area contributed by atoms with Crippen molar-refractivity contribution in [2.75, 3.05) is 5.75 Å². The van der Waals surface area contributed by atoms with E-state index >= 15 is 0 Å². The van der Waals surface area contributed by atoms with E-state index < -0.39 is 18.2 Å². The third-order valence-corrected chi connectivity index (χ3v) is 3.29. The van der Waals surface area contributed by atoms with E-state index in [9.17, 15) is 19.8 Å². The molecule has 1 aromatic rings. The lowest BCUT2D eigenvalue weighted by molar-refractivity contribution is -0.109. The zero-order valence-electron chi connectivity index (χ0n) is 10.3. The fourth-order valence-corrected chi connectivity index (χ4v) is 2.17. The van der Waals surface area contributed by atoms with Gasteiger partial charge in [-0.25, -0.2) is 9.78 Å². The summed E-state index contributed by atoms with van der Waals surface area (Å²) in [6.45, 7) is 1.41. The Bertz CT molecular complexity index is 465. The topological polar surface area (TPSA) is 108 Å². The lowest BCUT2D eigenvalue weighted by atomic mass is 10.0. The first-order chi connectivity index (χ1) is 8.93. The van der Waals surface area contributed by atoms with Crippen molar-refractivity contribution in [2.45, 2.75) is 25.6 Å². The molecule has 0 bridgehead atoms. The van der Waals surface area contributed by atoms with E-state index in [0.717, 1.165) is 11.8 Å². The lowest BCUT2D eigenvalue weighted by Gasteiger charge is -2.18. The second-order valence-electron chi connectivity index (χ2n) is 3.89. The number of carboxylic acid groups (broad SMARTS) is 1. The minimum atomic E-state index is -1.34. The number of carbonyl (C=O) groups excluding carboxylic acids is 1. The number of pyridine rings is 1. The summed E-state index contributed by atoms with van der Waals surface area (Å²) in [6.07, 6.45) is -1.00. The lowest BCUT2D eigenvalue weighted by Crippen LogP contribution is -2.22. The monoisotopic (exact) mass is 285 g/mol. The number of aromatic carboxylic acids is 1. The SMILES string of the molecule is CC(=O)SCCC(O)C(O)c1cccnc1C(=O)O. The molecule has 7 heteroatoms. The Balaban J connectivity index is 2.73. The highest BCUT2D eigenvalue weighted by Gasteiger charge is 2.24. The van der Waals surface area contributed by atoms with Gasteiger partial charge in [0.2, 0.25) is 0 Å². The molecule has 0 radical (unpaired) electrons. The Morgan fingerprint density at radius 1 is 1.42 bits per heavy atom. The van der Waals surface area contributed by atoms with Crippen LogP contribution in [0, 0.1) is 0 Å². The summed E-state index contributed by atoms with van der Waals surface area (Å²) in [5, 5.41) is 28.6. The van der Waals surface area contributed by atoms with Crippen LogP contribution >= 0.6 is 11.8 Å². The third kappa shape index (κ3) is 4.62. The molecule has 0 saturated heterocycles. The molecule has 1 heterocycles. The van der Waals surface area contributed by atoms with Crippen molar-refractivity contribution in [2.24, 2.45) is 0 Å². The van der Waals surface area contributed by atoms with Crippen LogP contribution in [0.4, 0.5) is 0 Å². The predicted molar refractivity (Wildman–Crippen MR) is 69.9 cm³/mol. The van der Waals surface area contributed by atoms with E-state index in [2.05, 4.69) is 4.98 Å². The molecule has 104 valence electrons. The minimum Gasteiger partial charge on any atom is -0.477 e. The van der Waals surface area contributed by atoms with E-state index in [-0.39, 0.29) is 22.8 Å². The molecular formula is C12H15NO5S. The van der Waals surface area contributed by atoms with Gasteiger partial charge in [-0.3, -0.25) is 4.79 Å². The second-order valence-corrected chi connectivity index (χ2v) is 5.16. The third-order valence-electron chi connectivity index (χ3n) is 2.44. The maximum absolute atomic E-state index is 10.9. The highest BCUT2D eigenvalue weighted by atomic mass is 32.2. The maximum atomic E-state index is 10.9. The van der Waals surface area contributed by atoms with Gasteiger partial charge in [-0.1, -0.05) is 17.8 Å². The summed E-state index contributed by atoms with van der Waals surface area (Å²) in [5.74, 6) is -0.907. The van der Waals surface area contributed by atoms with Crippen molar-refractivity contribution in [1.29, 1.82) is 0 Å². The van der Waals surface area contributed by atoms with Crippen LogP contribution in [-0.4, -0.2) is 43.2 Å². The van der Waals surface area contributed by atoms with Crippen LogP contribution in [0.15, 0.2) is 18.3 Å². The summed E-state index contributed by atoms with van der Waals surface area (Å²) in [6, 6.07) is 2.89. The van der Waals surface area contributed by atoms with Gasteiger partial charge in [-0.05, 0) is 12.5 Å². The van der Waals surface area contributed by atoms with Crippen LogP contribution in [0.5, 0.6) is 0 Å². The first-order valence-corrected chi connectivity index (χ1v) is 6.59. The Morgan fingerprint density at radius 3 is 2.68 bits per heavy atom. The Labute approximate surface area is 114 Å². The number of aromatic nitrogens is 1. The zero-order chi connectivity index (χ0) is 14.4. The molecule has 1 aromatic heterocycles. The van der Waals surface area contributed by atoms with Crippen LogP contribution in [0.1, 0.15) is 35.5 Å². The molecule has 0 saturated carbocycles. The van der Waals surface area contributed by atoms with Crippen molar-refractivity contribution < 1.29 is 24.9 Å². The molecule has 0 fully saturated rings. The first-order valence-electron chi connectivity index (χ1n) is 5.61. The number of hydrogen-bond donors (Lipinski definition) is 3. The molecule has 19 heavy (non-hydrogen) atoms. The number of hydrogen-bond acceptors (Lipinski definition) is 6. The first kappa shape index (κ1) is 15.6. The largest absolute Gasteiger partial charge is 0.477 e. The quantitative estimate of drug-likeness (QED) is 0.711. The molecule has 0 spiro atoms. The highest BCUT2D eigenvalue weighted by molar-refractivity contribution is 8.13. The van der Waals surface area contributed by atoms with E-state index in [1.807, 2.05) is 0 Å². The van der Waals surface area contributed by atoms with Crippen molar-refractivity contribution in [3.63, 3.8) is 0 Å². The van der Waals surface area contributed by atoms with Crippen LogP contribution in [0.25, 0.3) is 0 Å². The average Bonchev–Trinajstić information content (AvgIpc) is 2.37. The van der Waals surface area contributed by atoms with Crippen molar-refractivity contribution in [3.8, 4) is 0 Å². The van der Waals surface area contributed by atoms with Crippen molar-refractivity contribution in [1.82, 2.24) is 4.98 Å². The number of nitrogens with zero attached hydrogens (tertiary/aromatic N) is 1. The van der Waals surface area contributed by atoms with Crippen LogP contribution in [0.2, 0.25) is 0 Å². The van der Waals surface area contributed by atoms with Gasteiger partial charge >= 0.3 is 5.97 Å². The molecule has 1 rings (SSSR count). The minimum absolute atomic E-state index is 0.0651. The van der Waals surface area contributed by atoms with E-state index in [4.69, 9.17) is 5.11 Å². The second kappa shape index (κ2) is 7.22. The van der Waals surface area contributed by atoms with Crippen LogP contribution in [0.3, 0.4) is 0 Å². The summed E-state index contributed by atoms with van der Waals surface area (Å²) in [7, 11) is 0. The number of thioether (sulfide) groups is 1. The summed E-state index contributed by atoms with van der Waals surface area (Å²) < 4.78 is 0. The van der Waals surface area contributed by atoms with Gasteiger partial charge in [0.1, 0.15) is 6.10 Å². The molecule has 6 nitrogen and oxygen atoms in total. The molecule has 2 unspecified atom stereocenters. The van der Waals surface area contributed by atoms with E-state index in [1.54, 1.807) is 0 Å². The van der Waals surface area contributed by atoms with Gasteiger partial charge in [0.25, 0.3) is 0 Å². The Morgan fingerprint density at radius 2 is 2.11 bits per heavy atom. The predicted octanol–water partition coefficient (Wildman–Crippen LogP) is 0.844. The van der Waals surface area contributed by atoms with Gasteiger partial charge in [-0.15, -0.1) is 0 Å². The average molecular weight is 285 g/mol. The highest BCUT2D eigenvalue weighted by Crippen LogP contribution is 2.22. The molecule has 0 aliphatic rings. The Hall–Kier alpha value is -1.44. The molecule has 3 N–H and O–H groups in total. The number of aliphatic hydroxyl groups is 2. The fourth-order valence-electron chi connectivity index (χ4n) is 1.52. The van der Waals surface area contributed by atoms with Crippen molar-refractivity contribution in [3.05, 3.63) is 29.6 Å².